The number of aryl methyl sites for hydroxylation is 1. The monoisotopic (exact) mass is 417 g/mol. The van der Waals surface area contributed by atoms with Crippen LogP contribution in [-0.2, 0) is 26.2 Å². The van der Waals surface area contributed by atoms with E-state index in [-0.39, 0.29) is 12.3 Å². The minimum atomic E-state index is -3.27. The number of carbonyl (C=O) groups is 2. The Balaban J connectivity index is 1.63. The number of sulfonamides is 1. The van der Waals surface area contributed by atoms with Crippen LogP contribution in [0.5, 0.6) is 5.75 Å². The van der Waals surface area contributed by atoms with E-state index in [1.165, 1.54) is 11.4 Å². The van der Waals surface area contributed by atoms with E-state index >= 15 is 0 Å². The molecule has 9 heteroatoms. The van der Waals surface area contributed by atoms with E-state index in [4.69, 9.17) is 4.74 Å². The van der Waals surface area contributed by atoms with Crippen LogP contribution >= 0.6 is 0 Å². The van der Waals surface area contributed by atoms with Crippen LogP contribution in [0.25, 0.3) is 0 Å². The number of hydrogen-bond donors (Lipinski definition) is 2. The van der Waals surface area contributed by atoms with E-state index < -0.39 is 21.8 Å². The summed E-state index contributed by atoms with van der Waals surface area (Å²) in [6.45, 7) is 2.34. The van der Waals surface area contributed by atoms with Gasteiger partial charge in [-0.25, -0.2) is 8.42 Å². The minimum absolute atomic E-state index is 0.136. The van der Waals surface area contributed by atoms with Gasteiger partial charge in [0, 0.05) is 24.3 Å². The number of carbonyl (C=O) groups excluding carboxylic acids is 2. The molecule has 1 fully saturated rings. The lowest BCUT2D eigenvalue weighted by molar-refractivity contribution is -0.136. The highest BCUT2D eigenvalue weighted by molar-refractivity contribution is 7.93. The van der Waals surface area contributed by atoms with E-state index in [1.54, 1.807) is 37.3 Å². The van der Waals surface area contributed by atoms with Gasteiger partial charge in [-0.3, -0.25) is 13.9 Å². The molecule has 1 heterocycles. The molecule has 1 aliphatic rings. The van der Waals surface area contributed by atoms with Gasteiger partial charge >= 0.3 is 11.8 Å². The highest BCUT2D eigenvalue weighted by Gasteiger charge is 2.28. The SMILES string of the molecule is COc1ccccc1CNC(=O)C(=O)Nc1ccc(N2CCCS2(=O)=O)cc1C. The Hall–Kier alpha value is -3.07. The summed E-state index contributed by atoms with van der Waals surface area (Å²) in [5.41, 5.74) is 2.42. The van der Waals surface area contributed by atoms with E-state index in [2.05, 4.69) is 10.6 Å². The number of amides is 2. The van der Waals surface area contributed by atoms with Crippen molar-refractivity contribution < 1.29 is 22.7 Å². The maximum Gasteiger partial charge on any atom is 0.313 e. The fourth-order valence-electron chi connectivity index (χ4n) is 3.16. The first-order chi connectivity index (χ1) is 13.8. The number of anilines is 2. The molecule has 29 heavy (non-hydrogen) atoms. The molecule has 0 atom stereocenters. The summed E-state index contributed by atoms with van der Waals surface area (Å²) in [6, 6.07) is 12.1. The Morgan fingerprint density at radius 1 is 1.14 bits per heavy atom. The molecule has 1 saturated heterocycles. The van der Waals surface area contributed by atoms with E-state index in [9.17, 15) is 18.0 Å². The Bertz CT molecular complexity index is 1040. The average Bonchev–Trinajstić information content (AvgIpc) is 3.06. The lowest BCUT2D eigenvalue weighted by atomic mass is 10.1. The number of methoxy groups -OCH3 is 1. The van der Waals surface area contributed by atoms with Crippen LogP contribution in [0, 0.1) is 6.92 Å². The molecule has 0 spiro atoms. The van der Waals surface area contributed by atoms with Gasteiger partial charge in [0.05, 0.1) is 18.6 Å². The van der Waals surface area contributed by atoms with Crippen LogP contribution in [-0.4, -0.2) is 39.6 Å². The van der Waals surface area contributed by atoms with E-state index in [0.717, 1.165) is 5.56 Å². The van der Waals surface area contributed by atoms with Crippen molar-refractivity contribution in [1.82, 2.24) is 5.32 Å². The Kier molecular flexibility index (Phi) is 6.07. The lowest BCUT2D eigenvalue weighted by Gasteiger charge is -2.18. The van der Waals surface area contributed by atoms with Crippen LogP contribution < -0.4 is 19.7 Å². The summed E-state index contributed by atoms with van der Waals surface area (Å²) in [6.07, 6.45) is 0.590. The highest BCUT2D eigenvalue weighted by atomic mass is 32.2. The van der Waals surface area contributed by atoms with Gasteiger partial charge in [0.15, 0.2) is 0 Å². The zero-order chi connectivity index (χ0) is 21.0. The third-order valence-electron chi connectivity index (χ3n) is 4.68. The van der Waals surface area contributed by atoms with Crippen molar-refractivity contribution in [2.24, 2.45) is 0 Å². The zero-order valence-corrected chi connectivity index (χ0v) is 17.1. The highest BCUT2D eigenvalue weighted by Crippen LogP contribution is 2.28. The van der Waals surface area contributed by atoms with Crippen LogP contribution in [0.15, 0.2) is 42.5 Å². The maximum atomic E-state index is 12.2. The number of hydrogen-bond acceptors (Lipinski definition) is 5. The lowest BCUT2D eigenvalue weighted by Crippen LogP contribution is -2.35. The van der Waals surface area contributed by atoms with Gasteiger partial charge in [0.25, 0.3) is 0 Å². The minimum Gasteiger partial charge on any atom is -0.496 e. The number of para-hydroxylation sites is 1. The summed E-state index contributed by atoms with van der Waals surface area (Å²) in [7, 11) is -1.74. The summed E-state index contributed by atoms with van der Waals surface area (Å²) in [4.78, 5) is 24.4. The standard InChI is InChI=1S/C20H23N3O5S/c1-14-12-16(23-10-5-11-29(23,26)27)8-9-17(14)22-20(25)19(24)21-13-15-6-3-4-7-18(15)28-2/h3-4,6-9,12H,5,10-11,13H2,1-2H3,(H,21,24)(H,22,25). The molecule has 0 aromatic heterocycles. The first-order valence-corrected chi connectivity index (χ1v) is 10.7. The summed E-state index contributed by atoms with van der Waals surface area (Å²) < 4.78 is 30.7. The van der Waals surface area contributed by atoms with Crippen molar-refractivity contribution in [3.8, 4) is 5.75 Å². The summed E-state index contributed by atoms with van der Waals surface area (Å²) in [5, 5.41) is 5.12. The second-order valence-corrected chi connectivity index (χ2v) is 8.70. The summed E-state index contributed by atoms with van der Waals surface area (Å²) >= 11 is 0. The van der Waals surface area contributed by atoms with Gasteiger partial charge in [-0.05, 0) is 43.2 Å². The molecule has 0 radical (unpaired) electrons. The first kappa shape index (κ1) is 20.7. The van der Waals surface area contributed by atoms with Crippen molar-refractivity contribution in [2.45, 2.75) is 19.9 Å². The average molecular weight is 417 g/mol. The molecule has 2 N–H and O–H groups in total. The number of rotatable bonds is 5. The molecule has 2 aromatic rings. The van der Waals surface area contributed by atoms with Gasteiger partial charge in [0.2, 0.25) is 10.0 Å². The predicted molar refractivity (Wildman–Crippen MR) is 110 cm³/mol. The normalized spacial score (nSPS) is 15.0. The van der Waals surface area contributed by atoms with Crippen molar-refractivity contribution in [1.29, 1.82) is 0 Å². The quantitative estimate of drug-likeness (QED) is 0.722. The van der Waals surface area contributed by atoms with E-state index in [1.807, 2.05) is 12.1 Å². The molecule has 2 amide bonds. The van der Waals surface area contributed by atoms with Crippen molar-refractivity contribution in [2.75, 3.05) is 29.0 Å². The molecule has 0 bridgehead atoms. The van der Waals surface area contributed by atoms with Crippen molar-refractivity contribution >= 4 is 33.2 Å². The molecular formula is C20H23N3O5S. The van der Waals surface area contributed by atoms with Crippen LogP contribution in [0.1, 0.15) is 17.5 Å². The molecular weight excluding hydrogens is 394 g/mol. The van der Waals surface area contributed by atoms with Crippen molar-refractivity contribution in [3.63, 3.8) is 0 Å². The molecule has 154 valence electrons. The van der Waals surface area contributed by atoms with Gasteiger partial charge in [-0.1, -0.05) is 18.2 Å². The number of ether oxygens (including phenoxy) is 1. The molecule has 0 aliphatic carbocycles. The van der Waals surface area contributed by atoms with Gasteiger partial charge in [-0.2, -0.15) is 0 Å². The van der Waals surface area contributed by atoms with Gasteiger partial charge < -0.3 is 15.4 Å². The zero-order valence-electron chi connectivity index (χ0n) is 16.3. The molecule has 0 unspecified atom stereocenters. The van der Waals surface area contributed by atoms with E-state index in [0.29, 0.717) is 35.7 Å². The van der Waals surface area contributed by atoms with Crippen LogP contribution in [0.4, 0.5) is 11.4 Å². The third-order valence-corrected chi connectivity index (χ3v) is 6.55. The summed E-state index contributed by atoms with van der Waals surface area (Å²) in [5.74, 6) is -0.820. The fraction of sp³-hybridized carbons (Fsp3) is 0.300. The molecule has 0 saturated carbocycles. The van der Waals surface area contributed by atoms with Crippen LogP contribution in [0.3, 0.4) is 0 Å². The Labute approximate surface area is 169 Å². The Morgan fingerprint density at radius 2 is 1.90 bits per heavy atom. The number of nitrogens with zero attached hydrogens (tertiary/aromatic N) is 1. The Morgan fingerprint density at radius 3 is 2.55 bits per heavy atom. The number of nitrogens with one attached hydrogen (secondary N) is 2. The molecule has 1 aliphatic heterocycles. The second kappa shape index (κ2) is 8.52. The molecule has 2 aromatic carbocycles. The van der Waals surface area contributed by atoms with Gasteiger partial charge in [-0.15, -0.1) is 0 Å². The third kappa shape index (κ3) is 4.68. The first-order valence-electron chi connectivity index (χ1n) is 9.14. The largest absolute Gasteiger partial charge is 0.496 e. The maximum absolute atomic E-state index is 12.2. The predicted octanol–water partition coefficient (Wildman–Crippen LogP) is 1.80. The number of benzene rings is 2. The second-order valence-electron chi connectivity index (χ2n) is 6.69. The molecule has 8 nitrogen and oxygen atoms in total. The fourth-order valence-corrected chi connectivity index (χ4v) is 4.71. The van der Waals surface area contributed by atoms with Gasteiger partial charge in [0.1, 0.15) is 5.75 Å². The topological polar surface area (TPSA) is 105 Å². The smallest absolute Gasteiger partial charge is 0.313 e. The molecule has 3 rings (SSSR count). The van der Waals surface area contributed by atoms with Crippen LogP contribution in [0.2, 0.25) is 0 Å². The van der Waals surface area contributed by atoms with Crippen molar-refractivity contribution in [3.05, 3.63) is 53.6 Å².